The lowest BCUT2D eigenvalue weighted by Gasteiger charge is -2.13. The quantitative estimate of drug-likeness (QED) is 0.907. The number of aryl methyl sites for hydroxylation is 1. The third-order valence-corrected chi connectivity index (χ3v) is 2.89. The van der Waals surface area contributed by atoms with Crippen LogP contribution in [0.4, 0.5) is 4.39 Å². The van der Waals surface area contributed by atoms with Crippen LogP contribution >= 0.6 is 0 Å². The van der Waals surface area contributed by atoms with E-state index in [-0.39, 0.29) is 30.4 Å². The minimum absolute atomic E-state index is 0.0933. The fourth-order valence-electron chi connectivity index (χ4n) is 1.84. The van der Waals surface area contributed by atoms with Crippen LogP contribution in [-0.4, -0.2) is 36.1 Å². The zero-order valence-electron chi connectivity index (χ0n) is 10.2. The van der Waals surface area contributed by atoms with Gasteiger partial charge in [0.15, 0.2) is 17.2 Å². The Balaban J connectivity index is 2.49. The minimum Gasteiger partial charge on any atom is -0.448 e. The van der Waals surface area contributed by atoms with Gasteiger partial charge in [0.25, 0.3) is 5.91 Å². The van der Waals surface area contributed by atoms with Gasteiger partial charge in [-0.3, -0.25) is 4.79 Å². The molecule has 2 aromatic rings. The zero-order valence-corrected chi connectivity index (χ0v) is 10.2. The minimum atomic E-state index is -0.487. The molecule has 1 aromatic heterocycles. The largest absolute Gasteiger partial charge is 0.448 e. The molecule has 0 fully saturated rings. The van der Waals surface area contributed by atoms with Gasteiger partial charge in [-0.2, -0.15) is 0 Å². The molecule has 0 aliphatic rings. The van der Waals surface area contributed by atoms with Crippen LogP contribution in [0.5, 0.6) is 0 Å². The highest BCUT2D eigenvalue weighted by Crippen LogP contribution is 2.27. The molecule has 5 heteroatoms. The molecule has 1 N–H and O–H groups in total. The Morgan fingerprint density at radius 3 is 2.83 bits per heavy atom. The number of amides is 1. The highest BCUT2D eigenvalue weighted by atomic mass is 19.1. The number of fused-ring (bicyclic) bond motifs is 1. The molecule has 0 aliphatic carbocycles. The number of para-hydroxylation sites is 1. The standard InChI is InChI=1S/C13H14FNO3/c1-8-9-4-3-5-10(14)12(9)18-11(8)13(17)15(2)6-7-16/h3-5,16H,6-7H2,1-2H3. The molecule has 0 unspecified atom stereocenters. The van der Waals surface area contributed by atoms with Gasteiger partial charge in [-0.15, -0.1) is 0 Å². The number of rotatable bonds is 3. The molecule has 2 rings (SSSR count). The molecule has 0 saturated heterocycles. The number of aliphatic hydroxyl groups excluding tert-OH is 1. The van der Waals surface area contributed by atoms with Crippen molar-refractivity contribution in [3.05, 3.63) is 35.3 Å². The lowest BCUT2D eigenvalue weighted by molar-refractivity contribution is 0.0737. The molecule has 0 saturated carbocycles. The molecule has 1 amide bonds. The van der Waals surface area contributed by atoms with Crippen molar-refractivity contribution >= 4 is 16.9 Å². The number of furan rings is 1. The van der Waals surface area contributed by atoms with Crippen molar-refractivity contribution in [1.82, 2.24) is 4.90 Å². The lowest BCUT2D eigenvalue weighted by Crippen LogP contribution is -2.29. The second kappa shape index (κ2) is 4.78. The summed E-state index contributed by atoms with van der Waals surface area (Å²) < 4.78 is 18.8. The van der Waals surface area contributed by atoms with Crippen molar-refractivity contribution in [3.63, 3.8) is 0 Å². The molecule has 1 aromatic carbocycles. The SMILES string of the molecule is Cc1c(C(=O)N(C)CCO)oc2c(F)cccc12. The van der Waals surface area contributed by atoms with Gasteiger partial charge >= 0.3 is 0 Å². The normalized spacial score (nSPS) is 10.9. The number of aliphatic hydroxyl groups is 1. The molecule has 0 aliphatic heterocycles. The maximum Gasteiger partial charge on any atom is 0.289 e. The van der Waals surface area contributed by atoms with Crippen LogP contribution in [-0.2, 0) is 0 Å². The van der Waals surface area contributed by atoms with Crippen molar-refractivity contribution in [2.45, 2.75) is 6.92 Å². The number of carbonyl (C=O) groups excluding carboxylic acids is 1. The molecule has 0 radical (unpaired) electrons. The fraction of sp³-hybridized carbons (Fsp3) is 0.308. The summed E-state index contributed by atoms with van der Waals surface area (Å²) >= 11 is 0. The van der Waals surface area contributed by atoms with Crippen molar-refractivity contribution < 1.29 is 18.7 Å². The van der Waals surface area contributed by atoms with Gasteiger partial charge in [0.1, 0.15) is 0 Å². The Labute approximate surface area is 104 Å². The first-order valence-electron chi connectivity index (χ1n) is 5.60. The van der Waals surface area contributed by atoms with Crippen molar-refractivity contribution in [1.29, 1.82) is 0 Å². The molecular formula is C13H14FNO3. The zero-order chi connectivity index (χ0) is 13.3. The van der Waals surface area contributed by atoms with Crippen LogP contribution in [0.1, 0.15) is 16.1 Å². The molecule has 0 atom stereocenters. The monoisotopic (exact) mass is 251 g/mol. The molecule has 4 nitrogen and oxygen atoms in total. The van der Waals surface area contributed by atoms with E-state index in [0.29, 0.717) is 10.9 Å². The fourth-order valence-corrected chi connectivity index (χ4v) is 1.84. The van der Waals surface area contributed by atoms with Crippen LogP contribution in [0.2, 0.25) is 0 Å². The van der Waals surface area contributed by atoms with Crippen LogP contribution in [0.15, 0.2) is 22.6 Å². The Kier molecular flexibility index (Phi) is 3.34. The number of hydrogen-bond donors (Lipinski definition) is 1. The van der Waals surface area contributed by atoms with Gasteiger partial charge in [0.05, 0.1) is 6.61 Å². The Hall–Kier alpha value is -1.88. The van der Waals surface area contributed by atoms with Crippen molar-refractivity contribution in [2.75, 3.05) is 20.2 Å². The lowest BCUT2D eigenvalue weighted by atomic mass is 10.1. The molecular weight excluding hydrogens is 237 g/mol. The maximum absolute atomic E-state index is 13.5. The van der Waals surface area contributed by atoms with E-state index in [0.717, 1.165) is 0 Å². The number of benzene rings is 1. The smallest absolute Gasteiger partial charge is 0.289 e. The first kappa shape index (κ1) is 12.6. The van der Waals surface area contributed by atoms with E-state index in [4.69, 9.17) is 9.52 Å². The van der Waals surface area contributed by atoms with Crippen LogP contribution in [0, 0.1) is 12.7 Å². The van der Waals surface area contributed by atoms with Gasteiger partial charge in [0.2, 0.25) is 0 Å². The van der Waals surface area contributed by atoms with E-state index in [1.54, 1.807) is 26.1 Å². The van der Waals surface area contributed by atoms with Gasteiger partial charge in [-0.1, -0.05) is 12.1 Å². The van der Waals surface area contributed by atoms with Crippen LogP contribution in [0.3, 0.4) is 0 Å². The predicted octanol–water partition coefficient (Wildman–Crippen LogP) is 1.94. The topological polar surface area (TPSA) is 53.7 Å². The van der Waals surface area contributed by atoms with Crippen LogP contribution in [0.25, 0.3) is 11.0 Å². The number of nitrogens with zero attached hydrogens (tertiary/aromatic N) is 1. The summed E-state index contributed by atoms with van der Waals surface area (Å²) in [5.41, 5.74) is 0.704. The van der Waals surface area contributed by atoms with Gasteiger partial charge in [-0.25, -0.2) is 4.39 Å². The number of hydrogen-bond acceptors (Lipinski definition) is 3. The Morgan fingerprint density at radius 2 is 2.22 bits per heavy atom. The summed E-state index contributed by atoms with van der Waals surface area (Å²) in [6.07, 6.45) is 0. The van der Waals surface area contributed by atoms with E-state index >= 15 is 0 Å². The molecule has 0 spiro atoms. The summed E-state index contributed by atoms with van der Waals surface area (Å²) in [6, 6.07) is 4.57. The first-order valence-corrected chi connectivity index (χ1v) is 5.60. The second-order valence-electron chi connectivity index (χ2n) is 4.12. The molecule has 0 bridgehead atoms. The van der Waals surface area contributed by atoms with Gasteiger partial charge in [-0.05, 0) is 13.0 Å². The number of carbonyl (C=O) groups is 1. The summed E-state index contributed by atoms with van der Waals surface area (Å²) in [5, 5.41) is 9.39. The van der Waals surface area contributed by atoms with E-state index in [2.05, 4.69) is 0 Å². The number of halogens is 1. The summed E-state index contributed by atoms with van der Waals surface area (Å²) in [4.78, 5) is 13.4. The second-order valence-corrected chi connectivity index (χ2v) is 4.12. The van der Waals surface area contributed by atoms with E-state index < -0.39 is 5.82 Å². The average molecular weight is 251 g/mol. The molecule has 18 heavy (non-hydrogen) atoms. The number of likely N-dealkylation sites (N-methyl/N-ethyl adjacent to an activating group) is 1. The van der Waals surface area contributed by atoms with Gasteiger partial charge in [0, 0.05) is 24.5 Å². The Bertz CT molecular complexity index is 591. The summed E-state index contributed by atoms with van der Waals surface area (Å²) in [5.74, 6) is -0.734. The summed E-state index contributed by atoms with van der Waals surface area (Å²) in [6.45, 7) is 1.79. The average Bonchev–Trinajstić information content (AvgIpc) is 2.68. The van der Waals surface area contributed by atoms with E-state index in [1.165, 1.54) is 11.0 Å². The van der Waals surface area contributed by atoms with Crippen molar-refractivity contribution in [2.24, 2.45) is 0 Å². The van der Waals surface area contributed by atoms with E-state index in [9.17, 15) is 9.18 Å². The molecule has 96 valence electrons. The summed E-state index contributed by atoms with van der Waals surface area (Å²) in [7, 11) is 1.56. The van der Waals surface area contributed by atoms with Crippen molar-refractivity contribution in [3.8, 4) is 0 Å². The Morgan fingerprint density at radius 1 is 1.50 bits per heavy atom. The predicted molar refractivity (Wildman–Crippen MR) is 65.0 cm³/mol. The highest BCUT2D eigenvalue weighted by molar-refractivity contribution is 5.98. The van der Waals surface area contributed by atoms with E-state index in [1.807, 2.05) is 0 Å². The maximum atomic E-state index is 13.5. The van der Waals surface area contributed by atoms with Crippen LogP contribution < -0.4 is 0 Å². The first-order chi connectivity index (χ1) is 8.56. The third kappa shape index (κ3) is 1.97. The van der Waals surface area contributed by atoms with Gasteiger partial charge < -0.3 is 14.4 Å². The highest BCUT2D eigenvalue weighted by Gasteiger charge is 2.21. The molecule has 1 heterocycles. The third-order valence-electron chi connectivity index (χ3n) is 2.89.